The first-order valence-corrected chi connectivity index (χ1v) is 12.6. The molecule has 3 N–H and O–H groups in total. The second-order valence-electron chi connectivity index (χ2n) is 8.35. The van der Waals surface area contributed by atoms with Crippen LogP contribution < -0.4 is 20.8 Å². The van der Waals surface area contributed by atoms with E-state index in [1.807, 2.05) is 38.2 Å². The van der Waals surface area contributed by atoms with Crippen molar-refractivity contribution in [3.8, 4) is 5.69 Å². The summed E-state index contributed by atoms with van der Waals surface area (Å²) in [6.07, 6.45) is 3.75. The lowest BCUT2D eigenvalue weighted by Crippen LogP contribution is -2.32. The number of benzene rings is 2. The number of nitrogens with two attached hydrogens (primary N) is 1. The molecule has 2 aromatic carbocycles. The number of fused-ring (bicyclic) bond motifs is 1. The van der Waals surface area contributed by atoms with E-state index in [1.54, 1.807) is 17.8 Å². The van der Waals surface area contributed by atoms with Gasteiger partial charge in [-0.15, -0.1) is 0 Å². The van der Waals surface area contributed by atoms with Crippen LogP contribution in [0.15, 0.2) is 36.4 Å². The van der Waals surface area contributed by atoms with Crippen molar-refractivity contribution < 1.29 is 13.2 Å². The minimum atomic E-state index is -3.50. The maximum Gasteiger partial charge on any atom is 0.270 e. The molecule has 0 atom stereocenters. The molecule has 0 aliphatic heterocycles. The predicted octanol–water partition coefficient (Wildman–Crippen LogP) is 0.636. The molecule has 1 amide bonds. The highest BCUT2D eigenvalue weighted by Gasteiger charge is 2.32. The van der Waals surface area contributed by atoms with Gasteiger partial charge in [0.2, 0.25) is 10.0 Å². The molecule has 8 nitrogen and oxygen atoms in total. The molecule has 0 spiro atoms. The van der Waals surface area contributed by atoms with Crippen molar-refractivity contribution in [2.45, 2.75) is 25.2 Å². The van der Waals surface area contributed by atoms with Crippen LogP contribution in [-0.2, 0) is 10.0 Å². The van der Waals surface area contributed by atoms with Crippen LogP contribution in [0.5, 0.6) is 0 Å². The van der Waals surface area contributed by atoms with E-state index in [9.17, 15) is 13.2 Å². The van der Waals surface area contributed by atoms with E-state index in [0.29, 0.717) is 41.8 Å². The zero-order valence-electron chi connectivity index (χ0n) is 18.6. The molecular weight excluding hydrogens is 425 g/mol. The molecule has 0 bridgehead atoms. The third-order valence-corrected chi connectivity index (χ3v) is 6.97. The van der Waals surface area contributed by atoms with Crippen molar-refractivity contribution in [3.05, 3.63) is 47.7 Å². The summed E-state index contributed by atoms with van der Waals surface area (Å²) in [4.78, 5) is 12.9. The van der Waals surface area contributed by atoms with Gasteiger partial charge in [0.05, 0.1) is 23.1 Å². The van der Waals surface area contributed by atoms with E-state index in [-0.39, 0.29) is 11.8 Å². The number of hydrogen-bond donors (Lipinski definition) is 2. The molecule has 1 heterocycles. The number of carbonyl (C=O) groups is 1. The average Bonchev–Trinajstić information content (AvgIpc) is 3.53. The fourth-order valence-electron chi connectivity index (χ4n) is 3.99. The predicted molar refractivity (Wildman–Crippen MR) is 130 cm³/mol. The van der Waals surface area contributed by atoms with Gasteiger partial charge in [-0.25, -0.2) is 13.1 Å². The smallest absolute Gasteiger partial charge is 0.270 e. The van der Waals surface area contributed by atoms with Crippen LogP contribution in [0.25, 0.3) is 16.6 Å². The Kier molecular flexibility index (Phi) is 6.00. The van der Waals surface area contributed by atoms with Crippen molar-refractivity contribution in [3.63, 3.8) is 0 Å². The van der Waals surface area contributed by atoms with Gasteiger partial charge in [-0.1, -0.05) is 17.6 Å². The van der Waals surface area contributed by atoms with Gasteiger partial charge in [0.1, 0.15) is 13.5 Å². The van der Waals surface area contributed by atoms with Crippen LogP contribution >= 0.6 is 0 Å². The first kappa shape index (κ1) is 22.4. The maximum atomic E-state index is 12.9. The highest BCUT2D eigenvalue weighted by molar-refractivity contribution is 7.92. The number of nitrogens with zero attached hydrogens (tertiary/aromatic N) is 3. The monoisotopic (exact) mass is 453 g/mol. The number of sulfonamides is 1. The van der Waals surface area contributed by atoms with Crippen molar-refractivity contribution in [1.29, 1.82) is 0 Å². The quantitative estimate of drug-likeness (QED) is 0.487. The number of amides is 1. The van der Waals surface area contributed by atoms with Gasteiger partial charge in [0.25, 0.3) is 5.91 Å². The molecule has 0 unspecified atom stereocenters. The Balaban J connectivity index is 1.97. The largest absolute Gasteiger partial charge is 0.354 e. The van der Waals surface area contributed by atoms with Gasteiger partial charge in [0.15, 0.2) is 0 Å². The van der Waals surface area contributed by atoms with Crippen LogP contribution in [0.4, 0.5) is 5.69 Å². The van der Waals surface area contributed by atoms with Gasteiger partial charge in [-0.2, -0.15) is 5.10 Å². The molecule has 1 saturated carbocycles. The highest BCUT2D eigenvalue weighted by Crippen LogP contribution is 2.46. The van der Waals surface area contributed by atoms with Gasteiger partial charge in [0, 0.05) is 19.0 Å². The van der Waals surface area contributed by atoms with E-state index in [2.05, 4.69) is 5.32 Å². The second kappa shape index (κ2) is 8.59. The fraction of sp³-hybridized carbons (Fsp3) is 0.364. The van der Waals surface area contributed by atoms with Crippen LogP contribution in [0.3, 0.4) is 0 Å². The molecule has 4 rings (SSSR count). The van der Waals surface area contributed by atoms with E-state index in [4.69, 9.17) is 10.8 Å². The van der Waals surface area contributed by atoms with Crippen molar-refractivity contribution in [1.82, 2.24) is 15.1 Å². The zero-order valence-corrected chi connectivity index (χ0v) is 19.4. The Morgan fingerprint density at radius 1 is 1.28 bits per heavy atom. The van der Waals surface area contributed by atoms with Crippen LogP contribution in [-0.4, -0.2) is 58.3 Å². The summed E-state index contributed by atoms with van der Waals surface area (Å²) in [5, 5.41) is 8.14. The molecule has 168 valence electrons. The molecule has 1 aliphatic rings. The van der Waals surface area contributed by atoms with Gasteiger partial charge in [-0.3, -0.25) is 9.10 Å². The number of anilines is 1. The average molecular weight is 453 g/mol. The SMILES string of the molecule is Bc1ccc(-n2nc3cc(N(CCCN)S(C)(=O)=O)c(C4CC4)cc3c2C(=O)NC)cc1. The number of carbonyl (C=O) groups excluding carboxylic acids is 1. The first-order chi connectivity index (χ1) is 15.2. The standard InChI is InChI=1S/C22H28BN5O3S/c1-25-22(29)21-18-12-17(14-4-5-14)20(27(11-3-10-24)32(2,30)31)13-19(18)26-28(21)16-8-6-15(23)7-9-16/h6-9,12-14H,3-5,10-11,23-24H2,1-2H3,(H,25,29). The maximum absolute atomic E-state index is 12.9. The number of rotatable bonds is 8. The van der Waals surface area contributed by atoms with Crippen molar-refractivity contribution in [2.24, 2.45) is 5.73 Å². The zero-order chi connectivity index (χ0) is 23.0. The Bertz CT molecular complexity index is 1270. The molecule has 10 heteroatoms. The Labute approximate surface area is 189 Å². The Morgan fingerprint density at radius 2 is 1.97 bits per heavy atom. The molecular formula is C22H28BN5O3S. The van der Waals surface area contributed by atoms with Crippen LogP contribution in [0.2, 0.25) is 0 Å². The number of nitrogens with one attached hydrogen (secondary N) is 1. The Morgan fingerprint density at radius 3 is 2.53 bits per heavy atom. The number of aromatic nitrogens is 2. The minimum absolute atomic E-state index is 0.245. The molecule has 0 radical (unpaired) electrons. The van der Waals surface area contributed by atoms with Crippen molar-refractivity contribution >= 4 is 45.8 Å². The van der Waals surface area contributed by atoms with Crippen LogP contribution in [0.1, 0.15) is 41.2 Å². The van der Waals surface area contributed by atoms with Gasteiger partial charge in [-0.05, 0) is 61.6 Å². The highest BCUT2D eigenvalue weighted by atomic mass is 32.2. The molecule has 1 aliphatic carbocycles. The van der Waals surface area contributed by atoms with Gasteiger partial charge < -0.3 is 11.1 Å². The summed E-state index contributed by atoms with van der Waals surface area (Å²) in [5.74, 6) is 0.0301. The van der Waals surface area contributed by atoms with Crippen molar-refractivity contribution in [2.75, 3.05) is 30.7 Å². The summed E-state index contributed by atoms with van der Waals surface area (Å²) in [5.41, 5.74) is 10.1. The molecule has 1 aromatic heterocycles. The molecule has 3 aromatic rings. The van der Waals surface area contributed by atoms with Crippen LogP contribution in [0, 0.1) is 0 Å². The van der Waals surface area contributed by atoms with Gasteiger partial charge >= 0.3 is 0 Å². The van der Waals surface area contributed by atoms with E-state index in [0.717, 1.165) is 29.6 Å². The summed E-state index contributed by atoms with van der Waals surface area (Å²) in [6, 6.07) is 11.5. The lowest BCUT2D eigenvalue weighted by Gasteiger charge is -2.25. The second-order valence-corrected chi connectivity index (χ2v) is 10.3. The topological polar surface area (TPSA) is 110 Å². The third kappa shape index (κ3) is 4.24. The molecule has 0 saturated heterocycles. The summed E-state index contributed by atoms with van der Waals surface area (Å²) in [6.45, 7) is 0.706. The summed E-state index contributed by atoms with van der Waals surface area (Å²) >= 11 is 0. The molecule has 32 heavy (non-hydrogen) atoms. The van der Waals surface area contributed by atoms with E-state index >= 15 is 0 Å². The summed E-state index contributed by atoms with van der Waals surface area (Å²) in [7, 11) is 0.0862. The third-order valence-electron chi connectivity index (χ3n) is 5.79. The Hall–Kier alpha value is -2.85. The minimum Gasteiger partial charge on any atom is -0.354 e. The molecule has 1 fully saturated rings. The lowest BCUT2D eigenvalue weighted by molar-refractivity contribution is 0.0957. The first-order valence-electron chi connectivity index (χ1n) is 10.8. The fourth-order valence-corrected chi connectivity index (χ4v) is 4.96. The summed E-state index contributed by atoms with van der Waals surface area (Å²) < 4.78 is 28.4. The number of hydrogen-bond acceptors (Lipinski definition) is 5. The van der Waals surface area contributed by atoms with E-state index in [1.165, 1.54) is 10.6 Å². The lowest BCUT2D eigenvalue weighted by atomic mass is 9.96. The van der Waals surface area contributed by atoms with E-state index < -0.39 is 10.0 Å². The normalized spacial score (nSPS) is 14.0.